The van der Waals surface area contributed by atoms with Gasteiger partial charge in [-0.25, -0.2) is 4.39 Å². The van der Waals surface area contributed by atoms with Crippen LogP contribution in [0.2, 0.25) is 5.02 Å². The number of piperazine rings is 1. The summed E-state index contributed by atoms with van der Waals surface area (Å²) < 4.78 is 24.6. The lowest BCUT2D eigenvalue weighted by Crippen LogP contribution is -2.53. The standard InChI is InChI=1S/C24H27ClFN5O3/c1-15-12-30(8-9-31(15)23(32)19-6-4-5-7-20(19)26)13-17-10-18(25)11-21(16(17)2)27-24-29-28-22(34-24)14-33-3/h4-7,10-11,15H,8-9,12-14H2,1-3H3,(H,27,29)/t15-/m0/s1. The number of rotatable bonds is 7. The van der Waals surface area contributed by atoms with E-state index in [0.717, 1.165) is 16.8 Å². The first-order chi connectivity index (χ1) is 16.4. The van der Waals surface area contributed by atoms with E-state index in [1.54, 1.807) is 24.1 Å². The molecule has 1 aromatic heterocycles. The molecule has 1 N–H and O–H groups in total. The fourth-order valence-electron chi connectivity index (χ4n) is 4.14. The fraction of sp³-hybridized carbons (Fsp3) is 0.375. The lowest BCUT2D eigenvalue weighted by molar-refractivity contribution is 0.0471. The minimum atomic E-state index is -0.493. The van der Waals surface area contributed by atoms with Crippen molar-refractivity contribution in [1.29, 1.82) is 0 Å². The number of hydrogen-bond acceptors (Lipinski definition) is 7. The molecule has 1 aliphatic rings. The Hall–Kier alpha value is -3.01. The quantitative estimate of drug-likeness (QED) is 0.528. The van der Waals surface area contributed by atoms with Crippen molar-refractivity contribution in [3.05, 3.63) is 69.8 Å². The van der Waals surface area contributed by atoms with Gasteiger partial charge < -0.3 is 19.4 Å². The summed E-state index contributed by atoms with van der Waals surface area (Å²) in [5.74, 6) is -0.392. The molecule has 0 radical (unpaired) electrons. The van der Waals surface area contributed by atoms with Gasteiger partial charge in [-0.2, -0.15) is 0 Å². The third-order valence-electron chi connectivity index (χ3n) is 5.93. The van der Waals surface area contributed by atoms with E-state index in [1.807, 2.05) is 26.0 Å². The summed E-state index contributed by atoms with van der Waals surface area (Å²) in [5, 5.41) is 11.6. The molecule has 2 aromatic carbocycles. The number of carbonyl (C=O) groups excluding carboxylic acids is 1. The van der Waals surface area contributed by atoms with Gasteiger partial charge in [-0.1, -0.05) is 28.8 Å². The predicted molar refractivity (Wildman–Crippen MR) is 127 cm³/mol. The average Bonchev–Trinajstić information content (AvgIpc) is 3.24. The van der Waals surface area contributed by atoms with Gasteiger partial charge in [-0.15, -0.1) is 5.10 Å². The first kappa shape index (κ1) is 24.1. The van der Waals surface area contributed by atoms with Crippen LogP contribution in [0.3, 0.4) is 0 Å². The zero-order valence-corrected chi connectivity index (χ0v) is 20.1. The van der Waals surface area contributed by atoms with Crippen molar-refractivity contribution < 1.29 is 18.3 Å². The maximum absolute atomic E-state index is 14.1. The molecule has 34 heavy (non-hydrogen) atoms. The minimum Gasteiger partial charge on any atom is -0.405 e. The Morgan fingerprint density at radius 3 is 2.82 bits per heavy atom. The van der Waals surface area contributed by atoms with Crippen LogP contribution >= 0.6 is 11.6 Å². The van der Waals surface area contributed by atoms with Gasteiger partial charge in [0.1, 0.15) is 12.4 Å². The Labute approximate surface area is 202 Å². The van der Waals surface area contributed by atoms with E-state index in [-0.39, 0.29) is 30.1 Å². The van der Waals surface area contributed by atoms with E-state index in [2.05, 4.69) is 20.4 Å². The summed E-state index contributed by atoms with van der Waals surface area (Å²) in [5.41, 5.74) is 2.94. The number of amides is 1. The summed E-state index contributed by atoms with van der Waals surface area (Å²) in [6, 6.07) is 10.1. The van der Waals surface area contributed by atoms with Crippen molar-refractivity contribution in [3.8, 4) is 0 Å². The fourth-order valence-corrected chi connectivity index (χ4v) is 4.38. The number of nitrogens with one attached hydrogen (secondary N) is 1. The molecule has 4 rings (SSSR count). The van der Waals surface area contributed by atoms with E-state index in [0.29, 0.717) is 37.1 Å². The van der Waals surface area contributed by atoms with Crippen LogP contribution in [0.15, 0.2) is 40.8 Å². The second-order valence-electron chi connectivity index (χ2n) is 8.36. The summed E-state index contributed by atoms with van der Waals surface area (Å²) in [7, 11) is 1.56. The van der Waals surface area contributed by atoms with Crippen LogP contribution in [0.1, 0.15) is 34.3 Å². The molecule has 0 unspecified atom stereocenters. The molecule has 0 spiro atoms. The predicted octanol–water partition coefficient (Wildman–Crippen LogP) is 4.41. The number of nitrogens with zero attached hydrogens (tertiary/aromatic N) is 4. The molecule has 0 aliphatic carbocycles. The van der Waals surface area contributed by atoms with Crippen molar-refractivity contribution in [2.45, 2.75) is 33.0 Å². The maximum atomic E-state index is 14.1. The molecular weight excluding hydrogens is 461 g/mol. The monoisotopic (exact) mass is 487 g/mol. The molecule has 10 heteroatoms. The van der Waals surface area contributed by atoms with Crippen LogP contribution in [-0.2, 0) is 17.9 Å². The zero-order valence-electron chi connectivity index (χ0n) is 19.3. The molecule has 8 nitrogen and oxygen atoms in total. The van der Waals surface area contributed by atoms with Crippen molar-refractivity contribution in [1.82, 2.24) is 20.0 Å². The number of carbonyl (C=O) groups is 1. The summed E-state index contributed by atoms with van der Waals surface area (Å²) in [4.78, 5) is 16.9. The van der Waals surface area contributed by atoms with Gasteiger partial charge in [0.25, 0.3) is 5.91 Å². The molecule has 1 amide bonds. The number of benzene rings is 2. The number of ether oxygens (including phenoxy) is 1. The highest BCUT2D eigenvalue weighted by molar-refractivity contribution is 6.31. The van der Waals surface area contributed by atoms with Gasteiger partial charge in [-0.3, -0.25) is 9.69 Å². The molecule has 3 aromatic rings. The van der Waals surface area contributed by atoms with E-state index in [1.165, 1.54) is 12.1 Å². The number of anilines is 2. The highest BCUT2D eigenvalue weighted by Gasteiger charge is 2.29. The van der Waals surface area contributed by atoms with E-state index in [4.69, 9.17) is 20.8 Å². The zero-order chi connectivity index (χ0) is 24.2. The SMILES string of the molecule is COCc1nnc(Nc2cc(Cl)cc(CN3CCN(C(=O)c4ccccc4F)[C@@H](C)C3)c2C)o1. The first-order valence-corrected chi connectivity index (χ1v) is 11.4. The molecule has 2 heterocycles. The average molecular weight is 488 g/mol. The summed E-state index contributed by atoms with van der Waals surface area (Å²) in [6.07, 6.45) is 0. The largest absolute Gasteiger partial charge is 0.405 e. The summed E-state index contributed by atoms with van der Waals surface area (Å²) in [6.45, 7) is 6.73. The lowest BCUT2D eigenvalue weighted by Gasteiger charge is -2.40. The Kier molecular flexibility index (Phi) is 7.45. The Balaban J connectivity index is 1.44. The molecule has 0 saturated carbocycles. The van der Waals surface area contributed by atoms with Crippen molar-refractivity contribution in [3.63, 3.8) is 0 Å². The van der Waals surface area contributed by atoms with Crippen molar-refractivity contribution in [2.75, 3.05) is 32.1 Å². The molecule has 1 saturated heterocycles. The first-order valence-electron chi connectivity index (χ1n) is 11.0. The van der Waals surface area contributed by atoms with Gasteiger partial charge in [0.05, 0.1) is 5.56 Å². The van der Waals surface area contributed by atoms with E-state index >= 15 is 0 Å². The third-order valence-corrected chi connectivity index (χ3v) is 6.15. The van der Waals surface area contributed by atoms with Gasteiger partial charge in [0, 0.05) is 50.0 Å². The van der Waals surface area contributed by atoms with Gasteiger partial charge in [-0.05, 0) is 49.2 Å². The van der Waals surface area contributed by atoms with Crippen LogP contribution in [0, 0.1) is 12.7 Å². The van der Waals surface area contributed by atoms with Gasteiger partial charge >= 0.3 is 6.01 Å². The van der Waals surface area contributed by atoms with Crippen LogP contribution in [0.5, 0.6) is 0 Å². The van der Waals surface area contributed by atoms with Crippen LogP contribution in [0.4, 0.5) is 16.1 Å². The highest BCUT2D eigenvalue weighted by atomic mass is 35.5. The molecule has 1 fully saturated rings. The number of aromatic nitrogens is 2. The molecular formula is C24H27ClFN5O3. The maximum Gasteiger partial charge on any atom is 0.320 e. The van der Waals surface area contributed by atoms with Crippen LogP contribution in [-0.4, -0.2) is 58.7 Å². The minimum absolute atomic E-state index is 0.0597. The van der Waals surface area contributed by atoms with Crippen LogP contribution in [0.25, 0.3) is 0 Å². The highest BCUT2D eigenvalue weighted by Crippen LogP contribution is 2.29. The Morgan fingerprint density at radius 2 is 2.09 bits per heavy atom. The van der Waals surface area contributed by atoms with Gasteiger partial charge in [0.15, 0.2) is 0 Å². The second kappa shape index (κ2) is 10.5. The number of halogens is 2. The van der Waals surface area contributed by atoms with E-state index in [9.17, 15) is 9.18 Å². The molecule has 1 atom stereocenters. The topological polar surface area (TPSA) is 83.7 Å². The number of hydrogen-bond donors (Lipinski definition) is 1. The Morgan fingerprint density at radius 1 is 1.29 bits per heavy atom. The molecule has 0 bridgehead atoms. The number of methoxy groups -OCH3 is 1. The second-order valence-corrected chi connectivity index (χ2v) is 8.80. The van der Waals surface area contributed by atoms with E-state index < -0.39 is 5.82 Å². The van der Waals surface area contributed by atoms with Crippen LogP contribution < -0.4 is 5.32 Å². The Bertz CT molecular complexity index is 1170. The van der Waals surface area contributed by atoms with Gasteiger partial charge in [0.2, 0.25) is 5.89 Å². The summed E-state index contributed by atoms with van der Waals surface area (Å²) >= 11 is 6.40. The van der Waals surface area contributed by atoms with Crippen molar-refractivity contribution in [2.24, 2.45) is 0 Å². The molecule has 180 valence electrons. The third kappa shape index (κ3) is 5.38. The van der Waals surface area contributed by atoms with Crippen molar-refractivity contribution >= 4 is 29.2 Å². The lowest BCUT2D eigenvalue weighted by atomic mass is 10.0. The molecule has 1 aliphatic heterocycles. The normalized spacial score (nSPS) is 16.6. The smallest absolute Gasteiger partial charge is 0.320 e.